The number of benzene rings is 2. The van der Waals surface area contributed by atoms with E-state index in [1.54, 1.807) is 11.3 Å². The van der Waals surface area contributed by atoms with Crippen LogP contribution in [0, 0.1) is 6.92 Å². The fourth-order valence-corrected chi connectivity index (χ4v) is 3.44. The molecular formula is C22H17NS. The monoisotopic (exact) mass is 327 g/mol. The number of rotatable bonds is 3. The maximum Gasteiger partial charge on any atom is 0.0815 e. The molecule has 4 rings (SSSR count). The summed E-state index contributed by atoms with van der Waals surface area (Å²) in [4.78, 5) is 6.11. The number of nitrogens with zero attached hydrogens (tertiary/aromatic N) is 1. The summed E-state index contributed by atoms with van der Waals surface area (Å²) in [6, 6.07) is 27.6. The van der Waals surface area contributed by atoms with Crippen molar-refractivity contribution in [3.8, 4) is 33.0 Å². The number of thiophene rings is 1. The number of hydrogen-bond donors (Lipinski definition) is 0. The number of pyridine rings is 1. The van der Waals surface area contributed by atoms with Crippen molar-refractivity contribution in [1.29, 1.82) is 0 Å². The third-order valence-corrected chi connectivity index (χ3v) is 4.95. The van der Waals surface area contributed by atoms with Crippen LogP contribution in [0.5, 0.6) is 0 Å². The highest BCUT2D eigenvalue weighted by Crippen LogP contribution is 2.31. The highest BCUT2D eigenvalue weighted by molar-refractivity contribution is 7.13. The van der Waals surface area contributed by atoms with E-state index in [0.29, 0.717) is 0 Å². The van der Waals surface area contributed by atoms with Crippen LogP contribution in [0.3, 0.4) is 0 Å². The fourth-order valence-electron chi connectivity index (χ4n) is 2.75. The van der Waals surface area contributed by atoms with Gasteiger partial charge in [0.25, 0.3) is 0 Å². The van der Waals surface area contributed by atoms with E-state index in [0.717, 1.165) is 17.0 Å². The van der Waals surface area contributed by atoms with Gasteiger partial charge in [0.2, 0.25) is 0 Å². The molecule has 0 aliphatic heterocycles. The summed E-state index contributed by atoms with van der Waals surface area (Å²) in [5.74, 6) is 0. The topological polar surface area (TPSA) is 12.9 Å². The third-order valence-electron chi connectivity index (χ3n) is 4.05. The Morgan fingerprint density at radius 3 is 2.12 bits per heavy atom. The Bertz CT molecular complexity index is 939. The highest BCUT2D eigenvalue weighted by Gasteiger charge is 2.09. The Balaban J connectivity index is 1.90. The minimum atomic E-state index is 1.01. The van der Waals surface area contributed by atoms with Crippen LogP contribution in [0.25, 0.3) is 33.0 Å². The quantitative estimate of drug-likeness (QED) is 0.421. The number of hydrogen-bond acceptors (Lipinski definition) is 2. The van der Waals surface area contributed by atoms with E-state index in [1.807, 2.05) is 6.07 Å². The molecule has 116 valence electrons. The molecule has 2 heteroatoms. The zero-order valence-electron chi connectivity index (χ0n) is 13.4. The molecule has 24 heavy (non-hydrogen) atoms. The van der Waals surface area contributed by atoms with Gasteiger partial charge in [0.05, 0.1) is 16.3 Å². The van der Waals surface area contributed by atoms with E-state index in [-0.39, 0.29) is 0 Å². The summed E-state index contributed by atoms with van der Waals surface area (Å²) in [7, 11) is 0. The number of aryl methyl sites for hydroxylation is 1. The maximum atomic E-state index is 4.91. The largest absolute Gasteiger partial charge is 0.247 e. The van der Waals surface area contributed by atoms with Gasteiger partial charge in [-0.3, -0.25) is 0 Å². The molecule has 0 saturated heterocycles. The van der Waals surface area contributed by atoms with Crippen LogP contribution in [0.15, 0.2) is 84.2 Å². The Hall–Kier alpha value is -2.71. The lowest BCUT2D eigenvalue weighted by Gasteiger charge is -2.09. The molecular weight excluding hydrogens is 310 g/mol. The van der Waals surface area contributed by atoms with E-state index < -0.39 is 0 Å². The van der Waals surface area contributed by atoms with Crippen molar-refractivity contribution < 1.29 is 0 Å². The first-order valence-corrected chi connectivity index (χ1v) is 8.86. The lowest BCUT2D eigenvalue weighted by atomic mass is 10.0. The number of aromatic nitrogens is 1. The SMILES string of the molecule is Cc1ccc(-c2cc(-c3ccccc3)cc(-c3cccs3)n2)cc1. The van der Waals surface area contributed by atoms with E-state index in [4.69, 9.17) is 4.98 Å². The van der Waals surface area contributed by atoms with Crippen LogP contribution >= 0.6 is 11.3 Å². The molecule has 0 amide bonds. The van der Waals surface area contributed by atoms with Crippen molar-refractivity contribution in [2.75, 3.05) is 0 Å². The van der Waals surface area contributed by atoms with E-state index in [9.17, 15) is 0 Å². The smallest absolute Gasteiger partial charge is 0.0815 e. The van der Waals surface area contributed by atoms with Gasteiger partial charge in [0, 0.05) is 5.56 Å². The van der Waals surface area contributed by atoms with Crippen molar-refractivity contribution in [3.63, 3.8) is 0 Å². The van der Waals surface area contributed by atoms with Crippen molar-refractivity contribution in [2.45, 2.75) is 6.92 Å². The van der Waals surface area contributed by atoms with Crippen LogP contribution in [-0.2, 0) is 0 Å². The fraction of sp³-hybridized carbons (Fsp3) is 0.0455. The van der Waals surface area contributed by atoms with Gasteiger partial charge in [0.15, 0.2) is 0 Å². The minimum Gasteiger partial charge on any atom is -0.247 e. The average Bonchev–Trinajstić information content (AvgIpc) is 3.17. The first-order chi connectivity index (χ1) is 11.8. The predicted octanol–water partition coefficient (Wildman–Crippen LogP) is 6.45. The second kappa shape index (κ2) is 6.42. The zero-order valence-corrected chi connectivity index (χ0v) is 14.3. The molecule has 0 radical (unpaired) electrons. The van der Waals surface area contributed by atoms with Gasteiger partial charge in [-0.15, -0.1) is 11.3 Å². The second-order valence-electron chi connectivity index (χ2n) is 5.84. The Labute approximate surface area is 146 Å². The van der Waals surface area contributed by atoms with E-state index in [1.165, 1.54) is 21.6 Å². The van der Waals surface area contributed by atoms with E-state index in [2.05, 4.69) is 85.1 Å². The molecule has 2 aromatic carbocycles. The molecule has 1 nitrogen and oxygen atoms in total. The van der Waals surface area contributed by atoms with Gasteiger partial charge >= 0.3 is 0 Å². The summed E-state index contributed by atoms with van der Waals surface area (Å²) in [5.41, 5.74) is 6.87. The molecule has 0 atom stereocenters. The zero-order chi connectivity index (χ0) is 16.4. The van der Waals surface area contributed by atoms with Gasteiger partial charge in [0.1, 0.15) is 0 Å². The minimum absolute atomic E-state index is 1.01. The summed E-state index contributed by atoms with van der Waals surface area (Å²) in [6.45, 7) is 2.11. The molecule has 2 aromatic heterocycles. The summed E-state index contributed by atoms with van der Waals surface area (Å²) in [6.07, 6.45) is 0. The van der Waals surface area contributed by atoms with Gasteiger partial charge in [-0.05, 0) is 41.6 Å². The third kappa shape index (κ3) is 3.01. The molecule has 0 fully saturated rings. The highest BCUT2D eigenvalue weighted by atomic mass is 32.1. The first kappa shape index (κ1) is 14.9. The van der Waals surface area contributed by atoms with Gasteiger partial charge in [-0.1, -0.05) is 66.2 Å². The molecule has 0 unspecified atom stereocenters. The van der Waals surface area contributed by atoms with Crippen molar-refractivity contribution in [1.82, 2.24) is 4.98 Å². The molecule has 0 bridgehead atoms. The van der Waals surface area contributed by atoms with Crippen molar-refractivity contribution in [2.24, 2.45) is 0 Å². The lowest BCUT2D eigenvalue weighted by Crippen LogP contribution is -1.90. The molecule has 4 aromatic rings. The van der Waals surface area contributed by atoms with Crippen LogP contribution in [-0.4, -0.2) is 4.98 Å². The van der Waals surface area contributed by atoms with Crippen LogP contribution in [0.4, 0.5) is 0 Å². The van der Waals surface area contributed by atoms with Gasteiger partial charge in [-0.25, -0.2) is 4.98 Å². The molecule has 0 aliphatic rings. The Kier molecular flexibility index (Phi) is 3.97. The van der Waals surface area contributed by atoms with Crippen LogP contribution in [0.1, 0.15) is 5.56 Å². The molecule has 0 spiro atoms. The van der Waals surface area contributed by atoms with Gasteiger partial charge in [-0.2, -0.15) is 0 Å². The van der Waals surface area contributed by atoms with Gasteiger partial charge < -0.3 is 0 Å². The standard InChI is InChI=1S/C22H17NS/c1-16-9-11-18(12-10-16)20-14-19(17-6-3-2-4-7-17)15-21(23-20)22-8-5-13-24-22/h2-15H,1H3. The van der Waals surface area contributed by atoms with E-state index >= 15 is 0 Å². The second-order valence-corrected chi connectivity index (χ2v) is 6.78. The maximum absolute atomic E-state index is 4.91. The van der Waals surface area contributed by atoms with Crippen molar-refractivity contribution in [3.05, 3.63) is 89.8 Å². The normalized spacial score (nSPS) is 10.7. The average molecular weight is 327 g/mol. The van der Waals surface area contributed by atoms with Crippen LogP contribution < -0.4 is 0 Å². The summed E-state index contributed by atoms with van der Waals surface area (Å²) >= 11 is 1.72. The van der Waals surface area contributed by atoms with Crippen molar-refractivity contribution >= 4 is 11.3 Å². The molecule has 2 heterocycles. The Morgan fingerprint density at radius 2 is 1.42 bits per heavy atom. The van der Waals surface area contributed by atoms with Crippen LogP contribution in [0.2, 0.25) is 0 Å². The molecule has 0 aliphatic carbocycles. The summed E-state index contributed by atoms with van der Waals surface area (Å²) < 4.78 is 0. The predicted molar refractivity (Wildman–Crippen MR) is 103 cm³/mol. The molecule has 0 N–H and O–H groups in total. The molecule has 0 saturated carbocycles. The lowest BCUT2D eigenvalue weighted by molar-refractivity contribution is 1.33. The summed E-state index contributed by atoms with van der Waals surface area (Å²) in [5, 5.41) is 2.09. The first-order valence-electron chi connectivity index (χ1n) is 7.98. The Morgan fingerprint density at radius 1 is 0.667 bits per heavy atom.